The van der Waals surface area contributed by atoms with Gasteiger partial charge in [-0.15, -0.1) is 0 Å². The number of hydrogen-bond acceptors (Lipinski definition) is 3. The first-order valence-corrected chi connectivity index (χ1v) is 7.87. The second-order valence-electron chi connectivity index (χ2n) is 5.63. The number of nitrogens with one attached hydrogen (secondary N) is 1. The predicted octanol–water partition coefficient (Wildman–Crippen LogP) is 2.84. The van der Waals surface area contributed by atoms with Crippen molar-refractivity contribution in [1.82, 2.24) is 10.2 Å². The number of ether oxygens (including phenoxy) is 1. The lowest BCUT2D eigenvalue weighted by Crippen LogP contribution is -2.32. The first kappa shape index (κ1) is 16.1. The summed E-state index contributed by atoms with van der Waals surface area (Å²) in [6, 6.07) is 5.91. The number of nitrogens with zero attached hydrogens (tertiary/aromatic N) is 1. The van der Waals surface area contributed by atoms with Gasteiger partial charge in [-0.2, -0.15) is 0 Å². The second kappa shape index (κ2) is 7.66. The zero-order valence-electron chi connectivity index (χ0n) is 12.7. The Kier molecular flexibility index (Phi) is 5.88. The van der Waals surface area contributed by atoms with E-state index >= 15 is 0 Å². The summed E-state index contributed by atoms with van der Waals surface area (Å²) < 4.78 is 5.71. The number of likely N-dealkylation sites (tertiary alicyclic amines) is 1. The monoisotopic (exact) mass is 310 g/mol. The van der Waals surface area contributed by atoms with Crippen molar-refractivity contribution < 1.29 is 9.53 Å². The van der Waals surface area contributed by atoms with E-state index < -0.39 is 0 Å². The highest BCUT2D eigenvalue weighted by molar-refractivity contribution is 6.31. The van der Waals surface area contributed by atoms with E-state index in [-0.39, 0.29) is 12.5 Å². The maximum atomic E-state index is 12.0. The summed E-state index contributed by atoms with van der Waals surface area (Å²) >= 11 is 6.24. The minimum atomic E-state index is 0.0512. The van der Waals surface area contributed by atoms with Crippen molar-refractivity contribution in [2.75, 3.05) is 19.7 Å². The molecule has 0 spiro atoms. The zero-order valence-corrected chi connectivity index (χ0v) is 13.4. The van der Waals surface area contributed by atoms with Crippen LogP contribution in [0.15, 0.2) is 18.2 Å². The highest BCUT2D eigenvalue weighted by Gasteiger charge is 2.19. The van der Waals surface area contributed by atoms with E-state index in [0.29, 0.717) is 23.4 Å². The fraction of sp³-hybridized carbons (Fsp3) is 0.562. The number of amides is 1. The molecule has 5 heteroatoms. The van der Waals surface area contributed by atoms with Crippen molar-refractivity contribution in [3.8, 4) is 5.75 Å². The van der Waals surface area contributed by atoms with Gasteiger partial charge < -0.3 is 15.0 Å². The van der Waals surface area contributed by atoms with Crippen LogP contribution in [0.2, 0.25) is 5.02 Å². The molecule has 4 nitrogen and oxygen atoms in total. The molecule has 1 aliphatic rings. The fourth-order valence-electron chi connectivity index (χ4n) is 2.35. The van der Waals surface area contributed by atoms with Crippen LogP contribution < -0.4 is 10.1 Å². The standard InChI is InChI=1S/C16H23ClN2O2/c1-12(2)18-10-13-14(17)6-5-7-15(13)21-11-16(20)19-8-3-4-9-19/h5-7,12,18H,3-4,8-11H2,1-2H3. The van der Waals surface area contributed by atoms with Crippen LogP contribution in [0, 0.1) is 0 Å². The quantitative estimate of drug-likeness (QED) is 0.878. The normalized spacial score (nSPS) is 14.8. The molecule has 1 heterocycles. The minimum Gasteiger partial charge on any atom is -0.483 e. The largest absolute Gasteiger partial charge is 0.483 e. The van der Waals surface area contributed by atoms with E-state index in [0.717, 1.165) is 31.5 Å². The number of carbonyl (C=O) groups excluding carboxylic acids is 1. The Morgan fingerprint density at radius 1 is 1.38 bits per heavy atom. The molecular weight excluding hydrogens is 288 g/mol. The highest BCUT2D eigenvalue weighted by Crippen LogP contribution is 2.26. The van der Waals surface area contributed by atoms with Gasteiger partial charge in [0.2, 0.25) is 0 Å². The van der Waals surface area contributed by atoms with Crippen LogP contribution in [-0.4, -0.2) is 36.5 Å². The highest BCUT2D eigenvalue weighted by atomic mass is 35.5. The summed E-state index contributed by atoms with van der Waals surface area (Å²) in [5.74, 6) is 0.735. The van der Waals surface area contributed by atoms with E-state index in [4.69, 9.17) is 16.3 Å². The summed E-state index contributed by atoms with van der Waals surface area (Å²) in [5.41, 5.74) is 0.905. The molecule has 1 aliphatic heterocycles. The molecule has 1 saturated heterocycles. The summed E-state index contributed by atoms with van der Waals surface area (Å²) in [4.78, 5) is 13.9. The van der Waals surface area contributed by atoms with Gasteiger partial charge in [-0.25, -0.2) is 0 Å². The van der Waals surface area contributed by atoms with Gasteiger partial charge in [0.1, 0.15) is 5.75 Å². The van der Waals surface area contributed by atoms with Crippen LogP contribution in [0.25, 0.3) is 0 Å². The summed E-state index contributed by atoms with van der Waals surface area (Å²) in [6.45, 7) is 6.56. The maximum absolute atomic E-state index is 12.0. The molecule has 0 saturated carbocycles. The van der Waals surface area contributed by atoms with Crippen LogP contribution in [0.5, 0.6) is 5.75 Å². The molecule has 2 rings (SSSR count). The molecule has 0 radical (unpaired) electrons. The van der Waals surface area contributed by atoms with Crippen LogP contribution in [0.3, 0.4) is 0 Å². The third kappa shape index (κ3) is 4.61. The molecule has 116 valence electrons. The third-order valence-electron chi connectivity index (χ3n) is 3.57. The Hall–Kier alpha value is -1.26. The zero-order chi connectivity index (χ0) is 15.2. The van der Waals surface area contributed by atoms with Crippen molar-refractivity contribution >= 4 is 17.5 Å². The first-order valence-electron chi connectivity index (χ1n) is 7.49. The van der Waals surface area contributed by atoms with Gasteiger partial charge in [0.15, 0.2) is 6.61 Å². The Labute approximate surface area is 131 Å². The molecule has 1 N–H and O–H groups in total. The topological polar surface area (TPSA) is 41.6 Å². The Balaban J connectivity index is 1.98. The Bertz CT molecular complexity index is 485. The van der Waals surface area contributed by atoms with E-state index in [9.17, 15) is 4.79 Å². The molecule has 0 aromatic heterocycles. The molecule has 0 atom stereocenters. The van der Waals surface area contributed by atoms with Gasteiger partial charge in [-0.1, -0.05) is 31.5 Å². The maximum Gasteiger partial charge on any atom is 0.260 e. The van der Waals surface area contributed by atoms with Crippen molar-refractivity contribution in [3.05, 3.63) is 28.8 Å². The van der Waals surface area contributed by atoms with Crippen LogP contribution in [0.1, 0.15) is 32.3 Å². The summed E-state index contributed by atoms with van der Waals surface area (Å²) in [7, 11) is 0. The van der Waals surface area contributed by atoms with E-state index in [1.165, 1.54) is 0 Å². The SMILES string of the molecule is CC(C)NCc1c(Cl)cccc1OCC(=O)N1CCCC1. The minimum absolute atomic E-state index is 0.0512. The average molecular weight is 311 g/mol. The van der Waals surface area contributed by atoms with E-state index in [1.807, 2.05) is 23.1 Å². The lowest BCUT2D eigenvalue weighted by atomic mass is 10.2. The Morgan fingerprint density at radius 2 is 2.10 bits per heavy atom. The number of hydrogen-bond donors (Lipinski definition) is 1. The van der Waals surface area contributed by atoms with Crippen molar-refractivity contribution in [1.29, 1.82) is 0 Å². The molecule has 0 bridgehead atoms. The van der Waals surface area contributed by atoms with E-state index in [1.54, 1.807) is 0 Å². The molecule has 0 aliphatic carbocycles. The summed E-state index contributed by atoms with van der Waals surface area (Å²) in [6.07, 6.45) is 2.18. The van der Waals surface area contributed by atoms with Gasteiger partial charge in [-0.05, 0) is 25.0 Å². The van der Waals surface area contributed by atoms with E-state index in [2.05, 4.69) is 19.2 Å². The average Bonchev–Trinajstić information content (AvgIpc) is 2.97. The van der Waals surface area contributed by atoms with Gasteiger partial charge in [0.05, 0.1) is 0 Å². The van der Waals surface area contributed by atoms with Crippen molar-refractivity contribution in [2.45, 2.75) is 39.3 Å². The number of halogens is 1. The van der Waals surface area contributed by atoms with Crippen molar-refractivity contribution in [2.24, 2.45) is 0 Å². The first-order chi connectivity index (χ1) is 10.1. The molecular formula is C16H23ClN2O2. The fourth-order valence-corrected chi connectivity index (χ4v) is 2.58. The van der Waals surface area contributed by atoms with Gasteiger partial charge >= 0.3 is 0 Å². The lowest BCUT2D eigenvalue weighted by molar-refractivity contribution is -0.132. The lowest BCUT2D eigenvalue weighted by Gasteiger charge is -2.18. The van der Waals surface area contributed by atoms with Crippen LogP contribution >= 0.6 is 11.6 Å². The van der Waals surface area contributed by atoms with Crippen LogP contribution in [-0.2, 0) is 11.3 Å². The smallest absolute Gasteiger partial charge is 0.260 e. The summed E-state index contributed by atoms with van der Waals surface area (Å²) in [5, 5.41) is 3.99. The molecule has 0 unspecified atom stereocenters. The van der Waals surface area contributed by atoms with Gasteiger partial charge in [-0.3, -0.25) is 4.79 Å². The molecule has 1 fully saturated rings. The number of benzene rings is 1. The number of rotatable bonds is 6. The third-order valence-corrected chi connectivity index (χ3v) is 3.93. The molecule has 21 heavy (non-hydrogen) atoms. The van der Waals surface area contributed by atoms with Crippen LogP contribution in [0.4, 0.5) is 0 Å². The second-order valence-corrected chi connectivity index (χ2v) is 6.04. The van der Waals surface area contributed by atoms with Gasteiger partial charge in [0, 0.05) is 36.3 Å². The van der Waals surface area contributed by atoms with Crippen molar-refractivity contribution in [3.63, 3.8) is 0 Å². The molecule has 1 aromatic carbocycles. The predicted molar refractivity (Wildman–Crippen MR) is 84.7 cm³/mol. The number of carbonyl (C=O) groups is 1. The Morgan fingerprint density at radius 3 is 2.76 bits per heavy atom. The molecule has 1 aromatic rings. The molecule has 1 amide bonds. The van der Waals surface area contributed by atoms with Gasteiger partial charge in [0.25, 0.3) is 5.91 Å².